The summed E-state index contributed by atoms with van der Waals surface area (Å²) in [6.45, 7) is 0. The van der Waals surface area contributed by atoms with Crippen LogP contribution in [0.15, 0.2) is 91.0 Å². The predicted molar refractivity (Wildman–Crippen MR) is 113 cm³/mol. The second-order valence-corrected chi connectivity index (χ2v) is 11.4. The summed E-state index contributed by atoms with van der Waals surface area (Å²) in [7, 11) is -3.45. The van der Waals surface area contributed by atoms with E-state index in [9.17, 15) is 0 Å². The van der Waals surface area contributed by atoms with E-state index < -0.39 is 7.06 Å². The Kier molecular flexibility index (Phi) is 4.16. The van der Waals surface area contributed by atoms with Crippen LogP contribution in [0.1, 0.15) is 25.7 Å². The van der Waals surface area contributed by atoms with Crippen molar-refractivity contribution in [1.82, 2.24) is 0 Å². The van der Waals surface area contributed by atoms with Crippen molar-refractivity contribution in [3.8, 4) is 0 Å². The summed E-state index contributed by atoms with van der Waals surface area (Å²) < 4.78 is 14.4. The molecule has 3 aromatic carbocycles. The van der Waals surface area contributed by atoms with Gasteiger partial charge in [0.15, 0.2) is 0 Å². The van der Waals surface area contributed by atoms with E-state index in [1.807, 2.05) is 0 Å². The van der Waals surface area contributed by atoms with Gasteiger partial charge in [-0.2, -0.15) is 0 Å². The third-order valence-corrected chi connectivity index (χ3v) is 11.0. The molecule has 0 spiro atoms. The molecular weight excluding hydrogens is 351 g/mol. The molecule has 1 aliphatic heterocycles. The molecule has 1 aliphatic carbocycles. The van der Waals surface area contributed by atoms with Gasteiger partial charge in [-0.25, -0.2) is 0 Å². The van der Waals surface area contributed by atoms with E-state index in [1.54, 1.807) is 0 Å². The first-order chi connectivity index (χ1) is 13.3. The average molecular weight is 376 g/mol. The molecule has 27 heavy (non-hydrogen) atoms. The van der Waals surface area contributed by atoms with Gasteiger partial charge in [0.05, 0.1) is 0 Å². The van der Waals surface area contributed by atoms with Gasteiger partial charge in [-0.05, 0) is 0 Å². The molecule has 0 unspecified atom stereocenters. The van der Waals surface area contributed by atoms with Crippen LogP contribution < -0.4 is 15.9 Å². The van der Waals surface area contributed by atoms with Gasteiger partial charge in [-0.1, -0.05) is 0 Å². The first kappa shape index (κ1) is 17.1. The van der Waals surface area contributed by atoms with Crippen LogP contribution in [-0.4, -0.2) is 12.2 Å². The van der Waals surface area contributed by atoms with Crippen LogP contribution in [0.4, 0.5) is 0 Å². The topological polar surface area (TPSA) is 18.5 Å². The van der Waals surface area contributed by atoms with Crippen LogP contribution in [0.3, 0.4) is 0 Å². The van der Waals surface area contributed by atoms with Gasteiger partial charge in [-0.15, -0.1) is 0 Å². The van der Waals surface area contributed by atoms with E-state index in [2.05, 4.69) is 91.0 Å². The molecule has 0 aromatic heterocycles. The molecule has 1 saturated heterocycles. The Bertz CT molecular complexity index is 793. The molecule has 2 nitrogen and oxygen atoms in total. The number of hydrogen-bond donors (Lipinski definition) is 0. The monoisotopic (exact) mass is 376 g/mol. The standard InChI is InChI=1S/C24H25O2P/c1-4-12-20(13-5-1)27(21-14-6-2-7-15-21,22-16-8-3-9-17-22)25-23-18-10-11-19-24(23)26-27/h1-9,12-17,23-24H,10-11,18-19H2/t23-,24+. The van der Waals surface area contributed by atoms with Crippen LogP contribution in [0.25, 0.3) is 0 Å². The molecule has 0 radical (unpaired) electrons. The van der Waals surface area contributed by atoms with Crippen molar-refractivity contribution in [3.63, 3.8) is 0 Å². The van der Waals surface area contributed by atoms with Crippen molar-refractivity contribution in [2.75, 3.05) is 0 Å². The molecule has 0 amide bonds. The minimum absolute atomic E-state index is 0.164. The molecule has 138 valence electrons. The molecule has 5 rings (SSSR count). The van der Waals surface area contributed by atoms with E-state index in [-0.39, 0.29) is 12.2 Å². The zero-order chi connectivity index (χ0) is 18.2. The molecular formula is C24H25O2P. The van der Waals surface area contributed by atoms with Gasteiger partial charge in [0.1, 0.15) is 0 Å². The van der Waals surface area contributed by atoms with E-state index in [4.69, 9.17) is 9.05 Å². The molecule has 3 heteroatoms. The first-order valence-corrected chi connectivity index (χ1v) is 12.0. The van der Waals surface area contributed by atoms with Gasteiger partial charge in [0.2, 0.25) is 0 Å². The SMILES string of the molecule is c1ccc(P2(c3ccccc3)(c3ccccc3)O[C@H]3CCCC[C@H]3O2)cc1. The van der Waals surface area contributed by atoms with E-state index in [1.165, 1.54) is 12.8 Å². The fourth-order valence-corrected chi connectivity index (χ4v) is 10.1. The third kappa shape index (κ3) is 2.44. The predicted octanol–water partition coefficient (Wildman–Crippen LogP) is 4.70. The molecule has 0 N–H and O–H groups in total. The molecule has 1 saturated carbocycles. The number of benzene rings is 3. The summed E-state index contributed by atoms with van der Waals surface area (Å²) in [6.07, 6.45) is 4.92. The van der Waals surface area contributed by atoms with Gasteiger partial charge in [0, 0.05) is 0 Å². The number of fused-ring (bicyclic) bond motifs is 1. The summed E-state index contributed by atoms with van der Waals surface area (Å²) in [4.78, 5) is 0. The summed E-state index contributed by atoms with van der Waals surface area (Å²) in [6, 6.07) is 31.9. The third-order valence-electron chi connectivity index (χ3n) is 5.99. The zero-order valence-corrected chi connectivity index (χ0v) is 16.3. The van der Waals surface area contributed by atoms with Crippen molar-refractivity contribution < 1.29 is 9.05 Å². The van der Waals surface area contributed by atoms with Crippen molar-refractivity contribution in [1.29, 1.82) is 0 Å². The molecule has 2 atom stereocenters. The van der Waals surface area contributed by atoms with Gasteiger partial charge in [0.25, 0.3) is 0 Å². The second-order valence-electron chi connectivity index (χ2n) is 7.54. The van der Waals surface area contributed by atoms with E-state index >= 15 is 0 Å². The van der Waals surface area contributed by atoms with Crippen molar-refractivity contribution in [3.05, 3.63) is 91.0 Å². The summed E-state index contributed by atoms with van der Waals surface area (Å²) in [5.41, 5.74) is 0. The van der Waals surface area contributed by atoms with Crippen molar-refractivity contribution in [2.45, 2.75) is 37.9 Å². The fraction of sp³-hybridized carbons (Fsp3) is 0.250. The van der Waals surface area contributed by atoms with Crippen LogP contribution in [0.2, 0.25) is 0 Å². The Hall–Kier alpha value is -1.99. The Morgan fingerprint density at radius 1 is 0.519 bits per heavy atom. The summed E-state index contributed by atoms with van der Waals surface area (Å²) in [5, 5.41) is 3.49. The normalized spacial score (nSPS) is 27.2. The maximum absolute atomic E-state index is 7.21. The maximum atomic E-state index is 7.21. The first-order valence-electron chi connectivity index (χ1n) is 9.89. The van der Waals surface area contributed by atoms with Gasteiger partial charge >= 0.3 is 161 Å². The second kappa shape index (κ2) is 6.56. The average Bonchev–Trinajstić information content (AvgIpc) is 3.14. The fourth-order valence-electron chi connectivity index (χ4n) is 4.75. The molecule has 2 fully saturated rings. The number of rotatable bonds is 3. The van der Waals surface area contributed by atoms with Crippen LogP contribution >= 0.6 is 7.06 Å². The summed E-state index contributed by atoms with van der Waals surface area (Å²) in [5.74, 6) is 0. The molecule has 3 aromatic rings. The molecule has 2 aliphatic rings. The van der Waals surface area contributed by atoms with Crippen molar-refractivity contribution >= 4 is 23.0 Å². The minimum atomic E-state index is -3.45. The van der Waals surface area contributed by atoms with E-state index in [0.717, 1.165) is 28.8 Å². The van der Waals surface area contributed by atoms with Crippen LogP contribution in [-0.2, 0) is 9.05 Å². The van der Waals surface area contributed by atoms with Crippen molar-refractivity contribution in [2.24, 2.45) is 0 Å². The molecule has 1 heterocycles. The Morgan fingerprint density at radius 2 is 0.852 bits per heavy atom. The number of hydrogen-bond acceptors (Lipinski definition) is 2. The molecule has 0 bridgehead atoms. The quantitative estimate of drug-likeness (QED) is 0.617. The Morgan fingerprint density at radius 3 is 1.19 bits per heavy atom. The summed E-state index contributed by atoms with van der Waals surface area (Å²) >= 11 is 0. The Labute approximate surface area is 161 Å². The Balaban J connectivity index is 1.87. The van der Waals surface area contributed by atoms with Crippen LogP contribution in [0.5, 0.6) is 0 Å². The van der Waals surface area contributed by atoms with Gasteiger partial charge < -0.3 is 0 Å². The van der Waals surface area contributed by atoms with E-state index in [0.29, 0.717) is 0 Å². The zero-order valence-electron chi connectivity index (χ0n) is 15.4. The van der Waals surface area contributed by atoms with Gasteiger partial charge in [-0.3, -0.25) is 0 Å². The van der Waals surface area contributed by atoms with Crippen LogP contribution in [0, 0.1) is 0 Å².